The summed E-state index contributed by atoms with van der Waals surface area (Å²) in [7, 11) is 1.60. The molecule has 2 N–H and O–H groups in total. The number of carbonyl (C=O) groups is 2. The first-order chi connectivity index (χ1) is 13.9. The van der Waals surface area contributed by atoms with E-state index in [1.54, 1.807) is 37.5 Å². The van der Waals surface area contributed by atoms with Gasteiger partial charge in [0.05, 0.1) is 24.8 Å². The molecule has 3 rings (SSSR count). The number of hydrogen-bond donors (Lipinski definition) is 2. The van der Waals surface area contributed by atoms with Gasteiger partial charge in [0.2, 0.25) is 0 Å². The molecule has 0 atom stereocenters. The highest BCUT2D eigenvalue weighted by atomic mass is 127. The lowest BCUT2D eigenvalue weighted by Gasteiger charge is -2.09. The third kappa shape index (κ3) is 5.85. The Bertz CT molecular complexity index is 999. The number of nitrogens with one attached hydrogen (secondary N) is 1. The van der Waals surface area contributed by atoms with Crippen LogP contribution in [0.2, 0.25) is 0 Å². The van der Waals surface area contributed by atoms with Crippen LogP contribution in [0.5, 0.6) is 11.5 Å². The summed E-state index contributed by atoms with van der Waals surface area (Å²) in [5.74, 6) is -0.0114. The zero-order chi connectivity index (χ0) is 21.0. The average molecular weight is 636 g/mol. The first-order valence-corrected chi connectivity index (χ1v) is 11.1. The molecule has 0 radical (unpaired) electrons. The number of amidine groups is 1. The lowest BCUT2D eigenvalue weighted by molar-refractivity contribution is -0.139. The maximum atomic E-state index is 12.3. The predicted molar refractivity (Wildman–Crippen MR) is 129 cm³/mol. The number of thioether (sulfide) groups is 1. The van der Waals surface area contributed by atoms with Crippen LogP contribution in [0, 0.1) is 7.14 Å². The maximum Gasteiger partial charge on any atom is 0.341 e. The molecule has 1 saturated heterocycles. The van der Waals surface area contributed by atoms with E-state index in [-0.39, 0.29) is 5.91 Å². The number of nitrogens with zero attached hydrogens (tertiary/aromatic N) is 1. The first-order valence-electron chi connectivity index (χ1n) is 8.13. The van der Waals surface area contributed by atoms with Gasteiger partial charge in [0.15, 0.2) is 11.8 Å². The van der Waals surface area contributed by atoms with Crippen LogP contribution in [0.25, 0.3) is 6.08 Å². The summed E-state index contributed by atoms with van der Waals surface area (Å²) < 4.78 is 12.0. The van der Waals surface area contributed by atoms with E-state index in [9.17, 15) is 9.59 Å². The molecule has 0 saturated carbocycles. The van der Waals surface area contributed by atoms with Gasteiger partial charge in [0.25, 0.3) is 5.91 Å². The van der Waals surface area contributed by atoms with Crippen LogP contribution in [0.15, 0.2) is 46.3 Å². The van der Waals surface area contributed by atoms with Crippen molar-refractivity contribution in [3.63, 3.8) is 0 Å². The third-order valence-corrected chi connectivity index (χ3v) is 6.12. The highest BCUT2D eigenvalue weighted by Gasteiger charge is 2.24. The second-order valence-electron chi connectivity index (χ2n) is 5.68. The number of aliphatic carboxylic acids is 1. The predicted octanol–water partition coefficient (Wildman–Crippen LogP) is 4.26. The number of carboxylic acids is 1. The van der Waals surface area contributed by atoms with Crippen molar-refractivity contribution in [1.29, 1.82) is 0 Å². The molecule has 1 amide bonds. The Hall–Kier alpha value is -1.80. The fourth-order valence-electron chi connectivity index (χ4n) is 2.34. The Kier molecular flexibility index (Phi) is 7.40. The van der Waals surface area contributed by atoms with E-state index in [0.717, 1.165) is 18.5 Å². The highest BCUT2D eigenvalue weighted by Crippen LogP contribution is 2.32. The van der Waals surface area contributed by atoms with Crippen LogP contribution >= 0.6 is 56.9 Å². The summed E-state index contributed by atoms with van der Waals surface area (Å²) in [4.78, 5) is 28.0. The van der Waals surface area contributed by atoms with Gasteiger partial charge in [-0.2, -0.15) is 0 Å². The number of aliphatic imine (C=N–C) groups is 1. The van der Waals surface area contributed by atoms with Crippen LogP contribution in [-0.2, 0) is 9.59 Å². The second kappa shape index (κ2) is 9.80. The molecule has 150 valence electrons. The highest BCUT2D eigenvalue weighted by molar-refractivity contribution is 14.1. The Morgan fingerprint density at radius 1 is 1.24 bits per heavy atom. The molecule has 1 fully saturated rings. The summed E-state index contributed by atoms with van der Waals surface area (Å²) in [6, 6.07) is 10.9. The van der Waals surface area contributed by atoms with Crippen LogP contribution in [-0.4, -0.2) is 35.9 Å². The number of rotatable bonds is 6. The van der Waals surface area contributed by atoms with Crippen LogP contribution < -0.4 is 14.8 Å². The van der Waals surface area contributed by atoms with Crippen molar-refractivity contribution in [2.24, 2.45) is 4.99 Å². The number of halogens is 2. The Morgan fingerprint density at radius 3 is 2.48 bits per heavy atom. The molecule has 1 aliphatic heterocycles. The van der Waals surface area contributed by atoms with E-state index in [0.29, 0.717) is 21.5 Å². The Morgan fingerprint density at radius 2 is 1.90 bits per heavy atom. The van der Waals surface area contributed by atoms with Crippen molar-refractivity contribution >= 4 is 85.8 Å². The van der Waals surface area contributed by atoms with E-state index in [1.165, 1.54) is 11.8 Å². The minimum atomic E-state index is -1.04. The van der Waals surface area contributed by atoms with Crippen LogP contribution in [0.1, 0.15) is 5.56 Å². The molecule has 2 aromatic rings. The van der Waals surface area contributed by atoms with Gasteiger partial charge in [-0.15, -0.1) is 0 Å². The minimum Gasteiger partial charge on any atom is -0.497 e. The molecule has 0 bridgehead atoms. The van der Waals surface area contributed by atoms with Gasteiger partial charge in [-0.25, -0.2) is 9.79 Å². The fraction of sp³-hybridized carbons (Fsp3) is 0.105. The molecule has 0 spiro atoms. The summed E-state index contributed by atoms with van der Waals surface area (Å²) in [6.45, 7) is -0.407. The van der Waals surface area contributed by atoms with E-state index in [2.05, 4.69) is 55.5 Å². The number of carbonyl (C=O) groups excluding carboxylic acids is 1. The Balaban J connectivity index is 1.79. The zero-order valence-electron chi connectivity index (χ0n) is 14.9. The minimum absolute atomic E-state index is 0.224. The smallest absolute Gasteiger partial charge is 0.341 e. The van der Waals surface area contributed by atoms with Gasteiger partial charge in [-0.3, -0.25) is 4.79 Å². The molecular weight excluding hydrogens is 622 g/mol. The molecule has 2 aromatic carbocycles. The third-order valence-electron chi connectivity index (χ3n) is 3.61. The molecule has 0 aliphatic carbocycles. The number of amides is 1. The SMILES string of the molecule is COc1ccc(N=C2NC(=O)/C(=C\c3cc(I)c(OCC(=O)O)c(I)c3)S2)cc1. The summed E-state index contributed by atoms with van der Waals surface area (Å²) in [5, 5.41) is 12.0. The Labute approximate surface area is 198 Å². The van der Waals surface area contributed by atoms with Gasteiger partial charge >= 0.3 is 5.97 Å². The largest absolute Gasteiger partial charge is 0.497 e. The number of methoxy groups -OCH3 is 1. The van der Waals surface area contributed by atoms with Gasteiger partial charge in [0.1, 0.15) is 11.5 Å². The molecule has 10 heteroatoms. The number of ether oxygens (including phenoxy) is 2. The molecule has 29 heavy (non-hydrogen) atoms. The zero-order valence-corrected chi connectivity index (χ0v) is 20.1. The molecule has 0 aromatic heterocycles. The van der Waals surface area contributed by atoms with E-state index in [1.807, 2.05) is 12.1 Å². The first kappa shape index (κ1) is 21.9. The van der Waals surface area contributed by atoms with Crippen molar-refractivity contribution in [1.82, 2.24) is 5.32 Å². The lowest BCUT2D eigenvalue weighted by atomic mass is 10.2. The van der Waals surface area contributed by atoms with E-state index in [4.69, 9.17) is 14.6 Å². The lowest BCUT2D eigenvalue weighted by Crippen LogP contribution is -2.19. The molecule has 7 nitrogen and oxygen atoms in total. The van der Waals surface area contributed by atoms with Crippen LogP contribution in [0.3, 0.4) is 0 Å². The van der Waals surface area contributed by atoms with Crippen molar-refractivity contribution in [2.75, 3.05) is 13.7 Å². The van der Waals surface area contributed by atoms with Crippen molar-refractivity contribution in [2.45, 2.75) is 0 Å². The van der Waals surface area contributed by atoms with Crippen molar-refractivity contribution in [3.8, 4) is 11.5 Å². The fourth-order valence-corrected chi connectivity index (χ4v) is 5.31. The van der Waals surface area contributed by atoms with Crippen LogP contribution in [0.4, 0.5) is 5.69 Å². The van der Waals surface area contributed by atoms with Gasteiger partial charge in [0, 0.05) is 0 Å². The van der Waals surface area contributed by atoms with Gasteiger partial charge in [-0.1, -0.05) is 0 Å². The molecular formula is C19H14I2N2O5S. The normalized spacial score (nSPS) is 16.2. The average Bonchev–Trinajstić information content (AvgIpc) is 3.00. The number of benzene rings is 2. The topological polar surface area (TPSA) is 97.2 Å². The maximum absolute atomic E-state index is 12.3. The van der Waals surface area contributed by atoms with Crippen molar-refractivity contribution in [3.05, 3.63) is 54.0 Å². The van der Waals surface area contributed by atoms with Gasteiger partial charge < -0.3 is 19.9 Å². The summed E-state index contributed by atoms with van der Waals surface area (Å²) in [5.41, 5.74) is 1.52. The molecule has 1 heterocycles. The standard InChI is InChI=1S/C19H14I2N2O5S/c1-27-12-4-2-11(3-5-12)22-19-23-18(26)15(29-19)8-10-6-13(20)17(14(21)7-10)28-9-16(24)25/h2-8H,9H2,1H3,(H,24,25)(H,22,23,26)/b15-8+. The number of hydrogen-bond acceptors (Lipinski definition) is 6. The molecule has 1 aliphatic rings. The summed E-state index contributed by atoms with van der Waals surface area (Å²) >= 11 is 5.42. The second-order valence-corrected chi connectivity index (χ2v) is 9.03. The van der Waals surface area contributed by atoms with Crippen molar-refractivity contribution < 1.29 is 24.2 Å². The van der Waals surface area contributed by atoms with E-state index >= 15 is 0 Å². The monoisotopic (exact) mass is 636 g/mol. The number of carboxylic acid groups (broad SMARTS) is 1. The summed E-state index contributed by atoms with van der Waals surface area (Å²) in [6.07, 6.45) is 1.77. The molecule has 0 unspecified atom stereocenters. The quantitative estimate of drug-likeness (QED) is 0.364. The van der Waals surface area contributed by atoms with E-state index < -0.39 is 12.6 Å². The van der Waals surface area contributed by atoms with Gasteiger partial charge in [-0.05, 0) is 105 Å².